The van der Waals surface area contributed by atoms with Crippen molar-refractivity contribution in [3.8, 4) is 0 Å². The predicted octanol–water partition coefficient (Wildman–Crippen LogP) is 3.08. The molecule has 6 nitrogen and oxygen atoms in total. The van der Waals surface area contributed by atoms with E-state index in [9.17, 15) is 4.79 Å². The van der Waals surface area contributed by atoms with Gasteiger partial charge < -0.3 is 14.7 Å². The fraction of sp³-hybridized carbons (Fsp3) is 0.261. The van der Waals surface area contributed by atoms with Crippen molar-refractivity contribution in [1.82, 2.24) is 14.9 Å². The van der Waals surface area contributed by atoms with Crippen LogP contribution in [0.2, 0.25) is 0 Å². The molecular formula is C23H25N5O. The number of carbonyl (C=O) groups excluding carboxylic acids is 1. The van der Waals surface area contributed by atoms with E-state index in [1.807, 2.05) is 54.4 Å². The number of anilines is 2. The molecule has 1 aromatic carbocycles. The standard InChI is InChI=1S/C23H25N5O/c1-26(18-19-7-3-2-4-8-19)22-17-20(10-12-25-22)23(29)28-15-13-27(14-16-28)21-9-5-6-11-24-21/h2-12,17H,13-16,18H2,1H3. The van der Waals surface area contributed by atoms with Crippen molar-refractivity contribution in [3.63, 3.8) is 0 Å². The Bertz CT molecular complexity index is 940. The van der Waals surface area contributed by atoms with Crippen molar-refractivity contribution in [2.24, 2.45) is 0 Å². The summed E-state index contributed by atoms with van der Waals surface area (Å²) in [6.45, 7) is 3.69. The molecule has 4 rings (SSSR count). The Hall–Kier alpha value is -3.41. The molecule has 0 unspecified atom stereocenters. The number of piperazine rings is 1. The summed E-state index contributed by atoms with van der Waals surface area (Å²) in [7, 11) is 2.00. The Labute approximate surface area is 171 Å². The van der Waals surface area contributed by atoms with Crippen molar-refractivity contribution in [2.45, 2.75) is 6.54 Å². The second kappa shape index (κ2) is 8.73. The summed E-state index contributed by atoms with van der Waals surface area (Å²) in [5, 5.41) is 0. The van der Waals surface area contributed by atoms with Crippen LogP contribution < -0.4 is 9.80 Å². The third-order valence-corrected chi connectivity index (χ3v) is 5.19. The van der Waals surface area contributed by atoms with Crippen LogP contribution in [0.25, 0.3) is 0 Å². The molecule has 2 aromatic heterocycles. The van der Waals surface area contributed by atoms with Gasteiger partial charge in [0.25, 0.3) is 5.91 Å². The second-order valence-corrected chi connectivity index (χ2v) is 7.21. The fourth-order valence-electron chi connectivity index (χ4n) is 3.56. The molecule has 1 amide bonds. The van der Waals surface area contributed by atoms with Crippen LogP contribution in [0.4, 0.5) is 11.6 Å². The van der Waals surface area contributed by atoms with Crippen LogP contribution in [-0.4, -0.2) is 54.0 Å². The average molecular weight is 387 g/mol. The molecule has 1 fully saturated rings. The summed E-state index contributed by atoms with van der Waals surface area (Å²) >= 11 is 0. The zero-order chi connectivity index (χ0) is 20.1. The first-order valence-corrected chi connectivity index (χ1v) is 9.87. The lowest BCUT2D eigenvalue weighted by Gasteiger charge is -2.35. The quantitative estimate of drug-likeness (QED) is 0.673. The van der Waals surface area contributed by atoms with E-state index >= 15 is 0 Å². The SMILES string of the molecule is CN(Cc1ccccc1)c1cc(C(=O)N2CCN(c3ccccn3)CC2)ccn1. The minimum Gasteiger partial charge on any atom is -0.355 e. The number of rotatable bonds is 5. The summed E-state index contributed by atoms with van der Waals surface area (Å²) in [5.41, 5.74) is 1.89. The normalized spacial score (nSPS) is 14.0. The van der Waals surface area contributed by atoms with Crippen LogP contribution in [0, 0.1) is 0 Å². The van der Waals surface area contributed by atoms with Crippen molar-refractivity contribution >= 4 is 17.5 Å². The van der Waals surface area contributed by atoms with Crippen molar-refractivity contribution in [2.75, 3.05) is 43.0 Å². The number of aromatic nitrogens is 2. The Balaban J connectivity index is 1.40. The maximum atomic E-state index is 13.0. The topological polar surface area (TPSA) is 52.6 Å². The van der Waals surface area contributed by atoms with E-state index < -0.39 is 0 Å². The van der Waals surface area contributed by atoms with E-state index in [0.717, 1.165) is 31.3 Å². The van der Waals surface area contributed by atoms with Gasteiger partial charge in [-0.2, -0.15) is 0 Å². The number of hydrogen-bond acceptors (Lipinski definition) is 5. The highest BCUT2D eigenvalue weighted by Gasteiger charge is 2.23. The number of hydrogen-bond donors (Lipinski definition) is 0. The molecular weight excluding hydrogens is 362 g/mol. The first-order valence-electron chi connectivity index (χ1n) is 9.87. The van der Waals surface area contributed by atoms with Crippen molar-refractivity contribution < 1.29 is 4.79 Å². The molecule has 1 aliphatic rings. The summed E-state index contributed by atoms with van der Waals surface area (Å²) in [6.07, 6.45) is 3.52. The van der Waals surface area contributed by atoms with Crippen LogP contribution in [0.5, 0.6) is 0 Å². The third-order valence-electron chi connectivity index (χ3n) is 5.19. The summed E-state index contributed by atoms with van der Waals surface area (Å²) in [4.78, 5) is 28.1. The zero-order valence-electron chi connectivity index (χ0n) is 16.6. The lowest BCUT2D eigenvalue weighted by atomic mass is 10.2. The van der Waals surface area contributed by atoms with Crippen molar-refractivity contribution in [3.05, 3.63) is 84.2 Å². The molecule has 0 saturated carbocycles. The van der Waals surface area contributed by atoms with Gasteiger partial charge in [0, 0.05) is 57.7 Å². The highest BCUT2D eigenvalue weighted by atomic mass is 16.2. The lowest BCUT2D eigenvalue weighted by Crippen LogP contribution is -2.49. The molecule has 0 atom stereocenters. The minimum atomic E-state index is 0.0578. The molecule has 1 saturated heterocycles. The van der Waals surface area contributed by atoms with E-state index in [1.54, 1.807) is 18.5 Å². The number of amides is 1. The van der Waals surface area contributed by atoms with Crippen LogP contribution in [0.15, 0.2) is 73.1 Å². The smallest absolute Gasteiger partial charge is 0.254 e. The van der Waals surface area contributed by atoms with Gasteiger partial charge in [0.05, 0.1) is 0 Å². The van der Waals surface area contributed by atoms with Gasteiger partial charge in [-0.1, -0.05) is 36.4 Å². The van der Waals surface area contributed by atoms with Crippen LogP contribution in [0.3, 0.4) is 0 Å². The second-order valence-electron chi connectivity index (χ2n) is 7.21. The molecule has 3 heterocycles. The lowest BCUT2D eigenvalue weighted by molar-refractivity contribution is 0.0746. The maximum Gasteiger partial charge on any atom is 0.254 e. The zero-order valence-corrected chi connectivity index (χ0v) is 16.6. The Morgan fingerprint density at radius 2 is 1.69 bits per heavy atom. The van der Waals surface area contributed by atoms with Gasteiger partial charge in [0.2, 0.25) is 0 Å². The molecule has 148 valence electrons. The molecule has 0 spiro atoms. The highest BCUT2D eigenvalue weighted by Crippen LogP contribution is 2.18. The van der Waals surface area contributed by atoms with E-state index in [4.69, 9.17) is 0 Å². The number of nitrogens with zero attached hydrogens (tertiary/aromatic N) is 5. The van der Waals surface area contributed by atoms with Gasteiger partial charge in [0.1, 0.15) is 11.6 Å². The molecule has 0 radical (unpaired) electrons. The summed E-state index contributed by atoms with van der Waals surface area (Å²) in [5.74, 6) is 1.82. The molecule has 6 heteroatoms. The first kappa shape index (κ1) is 18.9. The number of pyridine rings is 2. The summed E-state index contributed by atoms with van der Waals surface area (Å²) < 4.78 is 0. The Morgan fingerprint density at radius 1 is 0.931 bits per heavy atom. The Kier molecular flexibility index (Phi) is 5.70. The van der Waals surface area contributed by atoms with E-state index in [2.05, 4.69) is 31.9 Å². The maximum absolute atomic E-state index is 13.0. The molecule has 29 heavy (non-hydrogen) atoms. The van der Waals surface area contributed by atoms with Gasteiger partial charge >= 0.3 is 0 Å². The number of carbonyl (C=O) groups is 1. The van der Waals surface area contributed by atoms with Crippen molar-refractivity contribution in [1.29, 1.82) is 0 Å². The van der Waals surface area contributed by atoms with E-state index in [0.29, 0.717) is 18.7 Å². The molecule has 1 aliphatic heterocycles. The molecule has 0 aliphatic carbocycles. The monoisotopic (exact) mass is 387 g/mol. The van der Waals surface area contributed by atoms with E-state index in [1.165, 1.54) is 5.56 Å². The van der Waals surface area contributed by atoms with E-state index in [-0.39, 0.29) is 5.91 Å². The first-order chi connectivity index (χ1) is 14.2. The number of benzene rings is 1. The molecule has 0 N–H and O–H groups in total. The van der Waals surface area contributed by atoms with Crippen LogP contribution in [-0.2, 0) is 6.54 Å². The van der Waals surface area contributed by atoms with Gasteiger partial charge in [-0.05, 0) is 29.8 Å². The van der Waals surface area contributed by atoms with Crippen LogP contribution >= 0.6 is 0 Å². The van der Waals surface area contributed by atoms with Crippen LogP contribution in [0.1, 0.15) is 15.9 Å². The third kappa shape index (κ3) is 4.54. The molecule has 3 aromatic rings. The van der Waals surface area contributed by atoms with Gasteiger partial charge in [-0.15, -0.1) is 0 Å². The minimum absolute atomic E-state index is 0.0578. The average Bonchev–Trinajstić information content (AvgIpc) is 2.80. The largest absolute Gasteiger partial charge is 0.355 e. The summed E-state index contributed by atoms with van der Waals surface area (Å²) in [6, 6.07) is 19.8. The fourth-order valence-corrected chi connectivity index (χ4v) is 3.56. The molecule has 0 bridgehead atoms. The highest BCUT2D eigenvalue weighted by molar-refractivity contribution is 5.95. The predicted molar refractivity (Wildman–Crippen MR) is 115 cm³/mol. The van der Waals surface area contributed by atoms with Gasteiger partial charge in [0.15, 0.2) is 0 Å². The van der Waals surface area contributed by atoms with Gasteiger partial charge in [-0.25, -0.2) is 9.97 Å². The van der Waals surface area contributed by atoms with Gasteiger partial charge in [-0.3, -0.25) is 4.79 Å². The Morgan fingerprint density at radius 3 is 2.41 bits per heavy atom.